The Kier molecular flexibility index (Phi) is 6.26. The molecule has 0 saturated heterocycles. The minimum Gasteiger partial charge on any atom is -0.461 e. The zero-order valence-electron chi connectivity index (χ0n) is 18.7. The van der Waals surface area contributed by atoms with E-state index >= 15 is 0 Å². The van der Waals surface area contributed by atoms with E-state index in [1.54, 1.807) is 22.8 Å². The molecule has 0 aliphatic heterocycles. The van der Waals surface area contributed by atoms with Gasteiger partial charge in [0.15, 0.2) is 0 Å². The van der Waals surface area contributed by atoms with Gasteiger partial charge in [-0.3, -0.25) is 14.9 Å². The van der Waals surface area contributed by atoms with E-state index in [0.717, 1.165) is 24.8 Å². The van der Waals surface area contributed by atoms with Gasteiger partial charge >= 0.3 is 5.97 Å². The van der Waals surface area contributed by atoms with Crippen LogP contribution < -0.4 is 0 Å². The molecule has 7 heteroatoms. The van der Waals surface area contributed by atoms with E-state index < -0.39 is 4.92 Å². The molecule has 1 saturated carbocycles. The number of fused-ring (bicyclic) bond motifs is 1. The molecular weight excluding hydrogens is 406 g/mol. The van der Waals surface area contributed by atoms with Crippen molar-refractivity contribution in [2.24, 2.45) is 17.8 Å². The predicted octanol–water partition coefficient (Wildman–Crippen LogP) is 5.62. The number of nitrogens with zero attached hydrogens (tertiary/aromatic N) is 3. The molecule has 32 heavy (non-hydrogen) atoms. The van der Waals surface area contributed by atoms with E-state index in [2.05, 4.69) is 25.8 Å². The molecule has 1 fully saturated rings. The first kappa shape index (κ1) is 22.0. The fraction of sp³-hybridized carbons (Fsp3) is 0.440. The Hall–Kier alpha value is -3.22. The number of ether oxygens (including phenoxy) is 1. The maximum absolute atomic E-state index is 13.1. The van der Waals surface area contributed by atoms with Crippen LogP contribution in [-0.4, -0.2) is 26.5 Å². The fourth-order valence-corrected chi connectivity index (χ4v) is 4.85. The van der Waals surface area contributed by atoms with Gasteiger partial charge in [0, 0.05) is 6.07 Å². The van der Waals surface area contributed by atoms with E-state index in [4.69, 9.17) is 4.74 Å². The number of aromatic nitrogens is 2. The highest BCUT2D eigenvalue weighted by Gasteiger charge is 2.33. The second-order valence-corrected chi connectivity index (χ2v) is 9.14. The van der Waals surface area contributed by atoms with Crippen molar-refractivity contribution >= 4 is 22.7 Å². The van der Waals surface area contributed by atoms with Crippen molar-refractivity contribution in [2.75, 3.05) is 0 Å². The Labute approximate surface area is 187 Å². The van der Waals surface area contributed by atoms with E-state index in [0.29, 0.717) is 34.7 Å². The van der Waals surface area contributed by atoms with Gasteiger partial charge in [0.05, 0.1) is 21.5 Å². The summed E-state index contributed by atoms with van der Waals surface area (Å²) in [7, 11) is 0. The summed E-state index contributed by atoms with van der Waals surface area (Å²) in [5.41, 5.74) is 1.76. The molecule has 1 unspecified atom stereocenters. The molecule has 168 valence electrons. The average Bonchev–Trinajstić information content (AvgIpc) is 3.11. The third kappa shape index (κ3) is 4.38. The molecule has 7 nitrogen and oxygen atoms in total. The van der Waals surface area contributed by atoms with Crippen LogP contribution in [0.3, 0.4) is 0 Å². The van der Waals surface area contributed by atoms with Crippen molar-refractivity contribution < 1.29 is 14.5 Å². The van der Waals surface area contributed by atoms with Crippen molar-refractivity contribution in [3.63, 3.8) is 0 Å². The maximum Gasteiger partial charge on any atom is 0.326 e. The van der Waals surface area contributed by atoms with Crippen LogP contribution in [0, 0.1) is 27.9 Å². The first-order chi connectivity index (χ1) is 15.3. The minimum atomic E-state index is -0.423. The summed E-state index contributed by atoms with van der Waals surface area (Å²) < 4.78 is 7.74. The van der Waals surface area contributed by atoms with Crippen LogP contribution in [0.4, 0.5) is 5.69 Å². The number of carbonyl (C=O) groups excluding carboxylic acids is 1. The molecule has 1 aromatic heterocycles. The Morgan fingerprint density at radius 3 is 2.66 bits per heavy atom. The second kappa shape index (κ2) is 9.10. The molecule has 0 amide bonds. The summed E-state index contributed by atoms with van der Waals surface area (Å²) in [6, 6.07) is 13.9. The van der Waals surface area contributed by atoms with Crippen LogP contribution in [0.25, 0.3) is 22.4 Å². The number of para-hydroxylation sites is 3. The normalized spacial score (nSPS) is 21.1. The first-order valence-electron chi connectivity index (χ1n) is 11.2. The van der Waals surface area contributed by atoms with Gasteiger partial charge in [-0.25, -0.2) is 4.98 Å². The lowest BCUT2D eigenvalue weighted by atomic mass is 9.75. The van der Waals surface area contributed by atoms with Crippen molar-refractivity contribution in [1.82, 2.24) is 9.55 Å². The molecule has 0 radical (unpaired) electrons. The Morgan fingerprint density at radius 2 is 1.91 bits per heavy atom. The minimum absolute atomic E-state index is 0.0431. The molecule has 1 aliphatic rings. The van der Waals surface area contributed by atoms with Gasteiger partial charge in [-0.15, -0.1) is 0 Å². The summed E-state index contributed by atoms with van der Waals surface area (Å²) in [5.74, 6) is 1.38. The standard InChI is InChI=1S/C25H29N3O4/c1-16(2)18-13-12-17(3)14-23(18)32-24(29)15-27-22-11-7-5-9-20(22)26-25(27)19-8-4-6-10-21(19)28(30)31/h4-11,16-18,23H,12-15H2,1-3H3/t17-,18?,23-/m1/s1. The molecule has 1 heterocycles. The van der Waals surface area contributed by atoms with E-state index in [-0.39, 0.29) is 24.3 Å². The van der Waals surface area contributed by atoms with E-state index in [1.165, 1.54) is 6.07 Å². The molecule has 1 aliphatic carbocycles. The van der Waals surface area contributed by atoms with Crippen LogP contribution in [0.1, 0.15) is 40.0 Å². The summed E-state index contributed by atoms with van der Waals surface area (Å²) in [5, 5.41) is 11.6. The molecule has 0 N–H and O–H groups in total. The highest BCUT2D eigenvalue weighted by Crippen LogP contribution is 2.36. The third-order valence-electron chi connectivity index (χ3n) is 6.53. The van der Waals surface area contributed by atoms with Gasteiger partial charge in [-0.05, 0) is 48.8 Å². The van der Waals surface area contributed by atoms with Gasteiger partial charge in [0.2, 0.25) is 0 Å². The third-order valence-corrected chi connectivity index (χ3v) is 6.53. The lowest BCUT2D eigenvalue weighted by Gasteiger charge is -2.36. The summed E-state index contributed by atoms with van der Waals surface area (Å²) >= 11 is 0. The molecule has 3 aromatic rings. The van der Waals surface area contributed by atoms with Gasteiger partial charge in [0.1, 0.15) is 18.5 Å². The lowest BCUT2D eigenvalue weighted by Crippen LogP contribution is -2.36. The first-order valence-corrected chi connectivity index (χ1v) is 11.2. The smallest absolute Gasteiger partial charge is 0.326 e. The van der Waals surface area contributed by atoms with Crippen LogP contribution in [-0.2, 0) is 16.1 Å². The SMILES string of the molecule is CC(C)C1CC[C@@H](C)C[C@H]1OC(=O)Cn1c(-c2ccccc2[N+](=O)[O-])nc2ccccc21. The summed E-state index contributed by atoms with van der Waals surface area (Å²) in [6.45, 7) is 6.51. The highest BCUT2D eigenvalue weighted by atomic mass is 16.6. The molecule has 4 rings (SSSR count). The number of hydrogen-bond acceptors (Lipinski definition) is 5. The Balaban J connectivity index is 1.68. The molecule has 0 spiro atoms. The van der Waals surface area contributed by atoms with Crippen LogP contribution in [0.2, 0.25) is 0 Å². The quantitative estimate of drug-likeness (QED) is 0.285. The van der Waals surface area contributed by atoms with Gasteiger partial charge in [0.25, 0.3) is 5.69 Å². The van der Waals surface area contributed by atoms with Crippen LogP contribution >= 0.6 is 0 Å². The van der Waals surface area contributed by atoms with E-state index in [1.807, 2.05) is 24.3 Å². The van der Waals surface area contributed by atoms with Crippen LogP contribution in [0.15, 0.2) is 48.5 Å². The topological polar surface area (TPSA) is 87.3 Å². The predicted molar refractivity (Wildman–Crippen MR) is 123 cm³/mol. The van der Waals surface area contributed by atoms with Crippen molar-refractivity contribution in [1.29, 1.82) is 0 Å². The number of rotatable bonds is 6. The van der Waals surface area contributed by atoms with Crippen molar-refractivity contribution in [3.8, 4) is 11.4 Å². The Morgan fingerprint density at radius 1 is 1.19 bits per heavy atom. The summed E-state index contributed by atoms with van der Waals surface area (Å²) in [6.07, 6.45) is 2.99. The van der Waals surface area contributed by atoms with Crippen LogP contribution in [0.5, 0.6) is 0 Å². The largest absolute Gasteiger partial charge is 0.461 e. The fourth-order valence-electron chi connectivity index (χ4n) is 4.85. The number of hydrogen-bond donors (Lipinski definition) is 0. The maximum atomic E-state index is 13.1. The van der Waals surface area contributed by atoms with Gasteiger partial charge in [-0.2, -0.15) is 0 Å². The number of carbonyl (C=O) groups is 1. The number of imidazole rings is 1. The number of nitro benzene ring substituents is 1. The number of benzene rings is 2. The number of nitro groups is 1. The average molecular weight is 436 g/mol. The van der Waals surface area contributed by atoms with Gasteiger partial charge < -0.3 is 9.30 Å². The molecular formula is C25H29N3O4. The molecule has 0 bridgehead atoms. The van der Waals surface area contributed by atoms with Crippen molar-refractivity contribution in [2.45, 2.75) is 52.7 Å². The van der Waals surface area contributed by atoms with Gasteiger partial charge in [-0.1, -0.05) is 51.5 Å². The monoisotopic (exact) mass is 435 g/mol. The summed E-state index contributed by atoms with van der Waals surface area (Å²) in [4.78, 5) is 28.9. The highest BCUT2D eigenvalue weighted by molar-refractivity contribution is 5.84. The Bertz CT molecular complexity index is 1140. The van der Waals surface area contributed by atoms with E-state index in [9.17, 15) is 14.9 Å². The lowest BCUT2D eigenvalue weighted by molar-refractivity contribution is -0.384. The second-order valence-electron chi connectivity index (χ2n) is 9.14. The molecule has 2 aromatic carbocycles. The van der Waals surface area contributed by atoms with Crippen molar-refractivity contribution in [3.05, 3.63) is 58.6 Å². The number of esters is 1. The zero-order valence-corrected chi connectivity index (χ0v) is 18.7. The molecule has 3 atom stereocenters. The zero-order chi connectivity index (χ0) is 22.8.